The Bertz CT molecular complexity index is 946. The molecule has 3 heterocycles. The van der Waals surface area contributed by atoms with Crippen LogP contribution >= 0.6 is 11.3 Å². The predicted molar refractivity (Wildman–Crippen MR) is 84.3 cm³/mol. The molecule has 3 aromatic rings. The van der Waals surface area contributed by atoms with Gasteiger partial charge in [-0.25, -0.2) is 4.98 Å². The Hall–Kier alpha value is -2.54. The molecule has 1 atom stereocenters. The van der Waals surface area contributed by atoms with Crippen LogP contribution in [-0.2, 0) is 6.42 Å². The largest absolute Gasteiger partial charge is 0.369 e. The average molecular weight is 312 g/mol. The molecular formula is C15H12N4O2S. The lowest BCUT2D eigenvalue weighted by molar-refractivity contribution is 0.0965. The summed E-state index contributed by atoms with van der Waals surface area (Å²) in [4.78, 5) is 36.5. The number of anilines is 1. The number of aromatic amines is 1. The number of aromatic nitrogens is 3. The first-order chi connectivity index (χ1) is 10.6. The van der Waals surface area contributed by atoms with Crippen LogP contribution in [-0.4, -0.2) is 20.7 Å². The van der Waals surface area contributed by atoms with E-state index >= 15 is 0 Å². The highest BCUT2D eigenvalue weighted by atomic mass is 32.1. The lowest BCUT2D eigenvalue weighted by Gasteiger charge is -2.23. The van der Waals surface area contributed by atoms with E-state index in [1.807, 2.05) is 17.5 Å². The van der Waals surface area contributed by atoms with E-state index < -0.39 is 0 Å². The van der Waals surface area contributed by atoms with Gasteiger partial charge in [-0.1, -0.05) is 6.07 Å². The van der Waals surface area contributed by atoms with Gasteiger partial charge in [0, 0.05) is 29.0 Å². The molecule has 0 aliphatic heterocycles. The molecule has 110 valence electrons. The van der Waals surface area contributed by atoms with E-state index in [-0.39, 0.29) is 23.2 Å². The summed E-state index contributed by atoms with van der Waals surface area (Å²) in [5.41, 5.74) is 6.77. The van der Waals surface area contributed by atoms with Crippen molar-refractivity contribution < 1.29 is 4.79 Å². The third kappa shape index (κ3) is 1.93. The summed E-state index contributed by atoms with van der Waals surface area (Å²) >= 11 is 1.63. The fourth-order valence-corrected chi connectivity index (χ4v) is 3.84. The molecule has 3 N–H and O–H groups in total. The van der Waals surface area contributed by atoms with Crippen molar-refractivity contribution in [2.75, 3.05) is 5.73 Å². The highest BCUT2D eigenvalue weighted by Crippen LogP contribution is 2.36. The third-order valence-corrected chi connectivity index (χ3v) is 5.02. The normalized spacial score (nSPS) is 17.6. The van der Waals surface area contributed by atoms with Gasteiger partial charge in [-0.05, 0) is 23.4 Å². The smallest absolute Gasteiger partial charge is 0.262 e. The van der Waals surface area contributed by atoms with Gasteiger partial charge < -0.3 is 5.73 Å². The number of carbonyl (C=O) groups excluding carboxylic acids is 1. The van der Waals surface area contributed by atoms with Gasteiger partial charge >= 0.3 is 0 Å². The minimum absolute atomic E-state index is 0.0188. The van der Waals surface area contributed by atoms with Crippen LogP contribution in [0.5, 0.6) is 0 Å². The van der Waals surface area contributed by atoms with Crippen LogP contribution in [0.1, 0.15) is 33.1 Å². The molecule has 0 aromatic carbocycles. The van der Waals surface area contributed by atoms with E-state index in [0.29, 0.717) is 29.4 Å². The number of H-pyrrole nitrogens is 1. The van der Waals surface area contributed by atoms with Crippen molar-refractivity contribution in [2.24, 2.45) is 0 Å². The third-order valence-electron chi connectivity index (χ3n) is 3.99. The molecule has 7 heteroatoms. The number of pyridine rings is 1. The summed E-state index contributed by atoms with van der Waals surface area (Å²) in [5, 5.41) is 2.37. The van der Waals surface area contributed by atoms with Crippen LogP contribution in [0.25, 0.3) is 11.0 Å². The number of rotatable bonds is 1. The van der Waals surface area contributed by atoms with Crippen LogP contribution in [0.15, 0.2) is 28.5 Å². The molecule has 1 aliphatic rings. The minimum atomic E-state index is -0.341. The molecule has 0 bridgehead atoms. The van der Waals surface area contributed by atoms with Gasteiger partial charge in [-0.15, -0.1) is 11.3 Å². The Morgan fingerprint density at radius 1 is 1.32 bits per heavy atom. The van der Waals surface area contributed by atoms with Crippen LogP contribution in [0, 0.1) is 0 Å². The van der Waals surface area contributed by atoms with Gasteiger partial charge in [-0.2, -0.15) is 4.98 Å². The van der Waals surface area contributed by atoms with E-state index in [1.165, 1.54) is 6.20 Å². The summed E-state index contributed by atoms with van der Waals surface area (Å²) in [6, 6.07) is 4.00. The number of nitrogens with one attached hydrogen (secondary N) is 1. The van der Waals surface area contributed by atoms with Gasteiger partial charge in [0.1, 0.15) is 0 Å². The van der Waals surface area contributed by atoms with E-state index in [4.69, 9.17) is 5.73 Å². The Morgan fingerprint density at radius 2 is 2.18 bits per heavy atom. The first-order valence-corrected chi connectivity index (χ1v) is 7.75. The molecule has 0 radical (unpaired) electrons. The lowest BCUT2D eigenvalue weighted by atomic mass is 9.82. The fraction of sp³-hybridized carbons (Fsp3) is 0.200. The second-order valence-electron chi connectivity index (χ2n) is 5.34. The summed E-state index contributed by atoms with van der Waals surface area (Å²) in [7, 11) is 0. The Balaban J connectivity index is 1.95. The number of Topliss-reactive ketones (excluding diaryl/α,β-unsaturated/α-hetero) is 1. The first-order valence-electron chi connectivity index (χ1n) is 6.87. The van der Waals surface area contributed by atoms with Gasteiger partial charge in [-0.3, -0.25) is 14.6 Å². The highest BCUT2D eigenvalue weighted by Gasteiger charge is 2.29. The molecule has 4 rings (SSSR count). The van der Waals surface area contributed by atoms with Crippen LogP contribution in [0.4, 0.5) is 5.95 Å². The fourth-order valence-electron chi connectivity index (χ4n) is 3.01. The molecule has 1 unspecified atom stereocenters. The molecular weight excluding hydrogens is 300 g/mol. The Morgan fingerprint density at radius 3 is 2.95 bits per heavy atom. The zero-order valence-corrected chi connectivity index (χ0v) is 12.3. The van der Waals surface area contributed by atoms with Gasteiger partial charge in [0.15, 0.2) is 11.4 Å². The number of hydrogen-bond donors (Lipinski definition) is 2. The summed E-state index contributed by atoms with van der Waals surface area (Å²) in [6.07, 6.45) is 2.59. The molecule has 0 amide bonds. The quantitative estimate of drug-likeness (QED) is 0.714. The van der Waals surface area contributed by atoms with Crippen LogP contribution in [0.3, 0.4) is 0 Å². The maximum Gasteiger partial charge on any atom is 0.262 e. The Kier molecular flexibility index (Phi) is 2.83. The van der Waals surface area contributed by atoms with Crippen molar-refractivity contribution in [3.05, 3.63) is 50.1 Å². The van der Waals surface area contributed by atoms with Crippen molar-refractivity contribution in [2.45, 2.75) is 18.8 Å². The Labute approximate surface area is 129 Å². The predicted octanol–water partition coefficient (Wildman–Crippen LogP) is 1.87. The summed E-state index contributed by atoms with van der Waals surface area (Å²) in [6.45, 7) is 0. The van der Waals surface area contributed by atoms with Crippen molar-refractivity contribution >= 4 is 34.1 Å². The summed E-state index contributed by atoms with van der Waals surface area (Å²) < 4.78 is 0. The lowest BCUT2D eigenvalue weighted by Crippen LogP contribution is -2.22. The molecule has 0 spiro atoms. The van der Waals surface area contributed by atoms with Crippen LogP contribution < -0.4 is 11.3 Å². The van der Waals surface area contributed by atoms with Crippen molar-refractivity contribution in [1.82, 2.24) is 15.0 Å². The maximum atomic E-state index is 12.4. The molecule has 0 saturated heterocycles. The van der Waals surface area contributed by atoms with Crippen molar-refractivity contribution in [3.63, 3.8) is 0 Å². The number of ketones is 1. The number of nitrogen functional groups attached to an aromatic ring is 1. The molecule has 6 nitrogen and oxygen atoms in total. The highest BCUT2D eigenvalue weighted by molar-refractivity contribution is 7.10. The number of nitrogens with zero attached hydrogens (tertiary/aromatic N) is 2. The van der Waals surface area contributed by atoms with Crippen LogP contribution in [0.2, 0.25) is 0 Å². The second kappa shape index (κ2) is 4.74. The zero-order chi connectivity index (χ0) is 15.3. The zero-order valence-electron chi connectivity index (χ0n) is 11.5. The molecule has 0 saturated carbocycles. The topological polar surface area (TPSA) is 102 Å². The minimum Gasteiger partial charge on any atom is -0.369 e. The van der Waals surface area contributed by atoms with E-state index in [0.717, 1.165) is 10.4 Å². The van der Waals surface area contributed by atoms with Crippen molar-refractivity contribution in [1.29, 1.82) is 0 Å². The van der Waals surface area contributed by atoms with Gasteiger partial charge in [0.05, 0.1) is 5.39 Å². The number of nitrogens with two attached hydrogens (primary N) is 1. The molecule has 3 aromatic heterocycles. The monoisotopic (exact) mass is 312 g/mol. The van der Waals surface area contributed by atoms with Gasteiger partial charge in [0.25, 0.3) is 5.56 Å². The number of carbonyl (C=O) groups is 1. The maximum absolute atomic E-state index is 12.4. The molecule has 22 heavy (non-hydrogen) atoms. The first kappa shape index (κ1) is 13.1. The standard InChI is InChI=1S/C15H12N4O2S/c16-15-18-13-12(14(21)19-15)8-4-7(11-2-1-3-22-11)5-10(20)9(8)6-17-13/h1-3,6-7H,4-5H2,(H3,16,17,18,19,21). The van der Waals surface area contributed by atoms with Gasteiger partial charge in [0.2, 0.25) is 5.95 Å². The molecule has 0 fully saturated rings. The SMILES string of the molecule is Nc1nc2ncc3c(c2c(=O)[nH]1)CC(c1cccs1)CC3=O. The molecule has 1 aliphatic carbocycles. The van der Waals surface area contributed by atoms with E-state index in [1.54, 1.807) is 11.3 Å². The number of fused-ring (bicyclic) bond motifs is 3. The second-order valence-corrected chi connectivity index (χ2v) is 6.32. The van der Waals surface area contributed by atoms with E-state index in [2.05, 4.69) is 15.0 Å². The van der Waals surface area contributed by atoms with Crippen molar-refractivity contribution in [3.8, 4) is 0 Å². The summed E-state index contributed by atoms with van der Waals surface area (Å²) in [5.74, 6) is 0.148. The average Bonchev–Trinajstić information content (AvgIpc) is 3.00. The van der Waals surface area contributed by atoms with E-state index in [9.17, 15) is 9.59 Å². The number of hydrogen-bond acceptors (Lipinski definition) is 6. The number of thiophene rings is 1.